The van der Waals surface area contributed by atoms with Crippen LogP contribution in [0.4, 0.5) is 0 Å². The highest BCUT2D eigenvalue weighted by Gasteiger charge is 2.56. The zero-order valence-corrected chi connectivity index (χ0v) is 39.1. The molecular formula is C50H75NO12. The number of hydrogen-bond acceptors (Lipinski definition) is 12. The SMILES string of the molecule is CC[C@@H]1/C=C(\C)C[C@H](C)CC(OC)[C@H]2O[C@@](O)(C(=O)C(=O)N3CCCC[C@H]3C(=O)O[C@H](/C(C)=C/C3CC[C@@H](O)[C@H](OC)C3)[C@H](C)CC(C(O)c3ccccc3)C1=O)[C@H](C)C[C@@H]2OC. The van der Waals surface area contributed by atoms with Crippen molar-refractivity contribution in [3.8, 4) is 0 Å². The van der Waals surface area contributed by atoms with E-state index in [1.165, 1.54) is 19.1 Å². The number of ketones is 2. The van der Waals surface area contributed by atoms with Gasteiger partial charge in [0.1, 0.15) is 24.0 Å². The summed E-state index contributed by atoms with van der Waals surface area (Å²) in [5, 5.41) is 34.8. The number of aliphatic hydroxyl groups excluding tert-OH is 2. The molecule has 0 spiro atoms. The van der Waals surface area contributed by atoms with Crippen molar-refractivity contribution in [2.45, 2.75) is 167 Å². The summed E-state index contributed by atoms with van der Waals surface area (Å²) in [5.74, 6) is -8.20. The number of nitrogens with zero attached hydrogens (tertiary/aromatic N) is 1. The van der Waals surface area contributed by atoms with Crippen molar-refractivity contribution in [1.82, 2.24) is 4.90 Å². The van der Waals surface area contributed by atoms with Gasteiger partial charge < -0.3 is 43.9 Å². The number of amides is 1. The number of cyclic esters (lactones) is 1. The van der Waals surface area contributed by atoms with Gasteiger partial charge in [-0.25, -0.2) is 4.79 Å². The van der Waals surface area contributed by atoms with Gasteiger partial charge in [0.05, 0.1) is 30.5 Å². The average molecular weight is 882 g/mol. The first-order valence-corrected chi connectivity index (χ1v) is 23.3. The first-order chi connectivity index (χ1) is 30.0. The highest BCUT2D eigenvalue weighted by molar-refractivity contribution is 6.39. The Hall–Kier alpha value is -3.30. The zero-order valence-electron chi connectivity index (χ0n) is 39.1. The topological polar surface area (TPSA) is 178 Å². The molecule has 5 rings (SSSR count). The van der Waals surface area contributed by atoms with Crippen LogP contribution >= 0.6 is 0 Å². The molecule has 13 nitrogen and oxygen atoms in total. The lowest BCUT2D eigenvalue weighted by molar-refractivity contribution is -0.302. The van der Waals surface area contributed by atoms with E-state index in [1.807, 2.05) is 64.1 Å². The van der Waals surface area contributed by atoms with Crippen molar-refractivity contribution in [3.63, 3.8) is 0 Å². The Morgan fingerprint density at radius 3 is 2.24 bits per heavy atom. The number of Topliss-reactive ketones (excluding diaryl/α,β-unsaturated/α-hetero) is 2. The second kappa shape index (κ2) is 22.7. The van der Waals surface area contributed by atoms with Crippen LogP contribution in [0.2, 0.25) is 0 Å². The Labute approximate surface area is 374 Å². The smallest absolute Gasteiger partial charge is 0.329 e. The molecule has 15 atom stereocenters. The minimum Gasteiger partial charge on any atom is -0.456 e. The van der Waals surface area contributed by atoms with Crippen LogP contribution in [-0.4, -0.2) is 120 Å². The molecule has 2 bridgehead atoms. The van der Waals surface area contributed by atoms with Crippen LogP contribution in [0.15, 0.2) is 53.6 Å². The van der Waals surface area contributed by atoms with Gasteiger partial charge in [-0.1, -0.05) is 75.8 Å². The van der Waals surface area contributed by atoms with Crippen molar-refractivity contribution < 1.29 is 58.2 Å². The van der Waals surface area contributed by atoms with Gasteiger partial charge in [0.25, 0.3) is 11.7 Å². The van der Waals surface area contributed by atoms with Crippen molar-refractivity contribution in [2.75, 3.05) is 27.9 Å². The third-order valence-corrected chi connectivity index (χ3v) is 14.4. The number of carbonyl (C=O) groups is 4. The fourth-order valence-corrected chi connectivity index (χ4v) is 10.7. The fourth-order valence-electron chi connectivity index (χ4n) is 10.7. The average Bonchev–Trinajstić information content (AvgIpc) is 3.28. The molecule has 1 saturated carbocycles. The third-order valence-electron chi connectivity index (χ3n) is 14.4. The standard InChI is InChI=1S/C50H75NO12/c1-10-35-23-29(2)22-30(3)24-41(60-8)46-42(61-9)27-33(6)50(58,63-46)47(55)48(56)51-21-15-14-18-38(51)49(57)62-45(31(4)25-34-19-20-39(52)40(28-34)59-7)32(5)26-37(43(35)53)44(54)36-16-12-11-13-17-36/h11-13,16-17,23,25,30,32-35,37-42,44-46,52,54,58H,10,14-15,18-22,24,26-28H2,1-9H3/b29-23+,31-25+/t30-,32+,33+,34?,35+,37?,38-,39+,40+,41?,42-,44?,45+,46+,50+/m0/s1. The Morgan fingerprint density at radius 1 is 0.921 bits per heavy atom. The fraction of sp³-hybridized carbons (Fsp3) is 0.720. The van der Waals surface area contributed by atoms with Crippen LogP contribution < -0.4 is 0 Å². The second-order valence-electron chi connectivity index (χ2n) is 19.1. The summed E-state index contributed by atoms with van der Waals surface area (Å²) in [5.41, 5.74) is 2.32. The van der Waals surface area contributed by atoms with E-state index in [9.17, 15) is 34.5 Å². The molecule has 4 unspecified atom stereocenters. The number of hydrogen-bond donors (Lipinski definition) is 3. The maximum atomic E-state index is 14.9. The summed E-state index contributed by atoms with van der Waals surface area (Å²) in [6.07, 6.45) is 4.12. The maximum absolute atomic E-state index is 14.9. The largest absolute Gasteiger partial charge is 0.456 e. The normalized spacial score (nSPS) is 38.7. The van der Waals surface area contributed by atoms with Crippen molar-refractivity contribution in [2.24, 2.45) is 35.5 Å². The number of esters is 1. The first-order valence-electron chi connectivity index (χ1n) is 23.3. The van der Waals surface area contributed by atoms with Gasteiger partial charge in [0.2, 0.25) is 5.79 Å². The van der Waals surface area contributed by atoms with Crippen molar-refractivity contribution in [3.05, 3.63) is 59.2 Å². The Balaban J connectivity index is 1.61. The number of aliphatic hydroxyl groups is 3. The maximum Gasteiger partial charge on any atom is 0.329 e. The number of fused-ring (bicyclic) bond motifs is 3. The molecule has 1 amide bonds. The molecule has 13 heteroatoms. The summed E-state index contributed by atoms with van der Waals surface area (Å²) >= 11 is 0. The minimum absolute atomic E-state index is 0.00362. The second-order valence-corrected chi connectivity index (χ2v) is 19.1. The van der Waals surface area contributed by atoms with Gasteiger partial charge >= 0.3 is 5.97 Å². The van der Waals surface area contributed by atoms with E-state index in [2.05, 4.69) is 13.0 Å². The first kappa shape index (κ1) is 50.7. The van der Waals surface area contributed by atoms with E-state index < -0.39 is 89.8 Å². The highest BCUT2D eigenvalue weighted by Crippen LogP contribution is 2.40. The number of carbonyl (C=O) groups excluding carboxylic acids is 4. The van der Waals surface area contributed by atoms with Crippen LogP contribution in [0.1, 0.15) is 124 Å². The third kappa shape index (κ3) is 11.9. The van der Waals surface area contributed by atoms with Crippen LogP contribution in [0.25, 0.3) is 0 Å². The number of methoxy groups -OCH3 is 3. The van der Waals surface area contributed by atoms with Crippen LogP contribution in [0, 0.1) is 35.5 Å². The van der Waals surface area contributed by atoms with Gasteiger partial charge in [-0.2, -0.15) is 0 Å². The van der Waals surface area contributed by atoms with Crippen molar-refractivity contribution in [1.29, 1.82) is 0 Å². The molecule has 3 fully saturated rings. The van der Waals surface area contributed by atoms with Gasteiger partial charge in [-0.05, 0) is 113 Å². The monoisotopic (exact) mass is 882 g/mol. The minimum atomic E-state index is -2.51. The zero-order chi connectivity index (χ0) is 46.2. The molecule has 0 radical (unpaired) electrons. The van der Waals surface area contributed by atoms with E-state index in [0.29, 0.717) is 56.9 Å². The van der Waals surface area contributed by atoms with E-state index in [-0.39, 0.29) is 49.5 Å². The molecule has 0 aromatic heterocycles. The summed E-state index contributed by atoms with van der Waals surface area (Å²) in [4.78, 5) is 59.6. The molecule has 2 saturated heterocycles. The Kier molecular flexibility index (Phi) is 18.3. The molecule has 1 aromatic carbocycles. The summed E-state index contributed by atoms with van der Waals surface area (Å²) in [6, 6.07) is 8.01. The lowest BCUT2D eigenvalue weighted by atomic mass is 9.76. The molecule has 3 aliphatic heterocycles. The number of allylic oxidation sites excluding steroid dienone is 3. The number of ether oxygens (including phenoxy) is 5. The van der Waals surface area contributed by atoms with Crippen LogP contribution in [0.5, 0.6) is 0 Å². The molecule has 4 aliphatic rings. The summed E-state index contributed by atoms with van der Waals surface area (Å²) < 4.78 is 30.2. The van der Waals surface area contributed by atoms with E-state index in [1.54, 1.807) is 14.0 Å². The molecule has 1 aromatic rings. The molecular weight excluding hydrogens is 807 g/mol. The van der Waals surface area contributed by atoms with E-state index in [0.717, 1.165) is 11.1 Å². The number of benzene rings is 1. The summed E-state index contributed by atoms with van der Waals surface area (Å²) in [7, 11) is 4.65. The van der Waals surface area contributed by atoms with Crippen molar-refractivity contribution >= 4 is 23.4 Å². The van der Waals surface area contributed by atoms with Gasteiger partial charge in [0.15, 0.2) is 0 Å². The predicted octanol–water partition coefficient (Wildman–Crippen LogP) is 6.46. The number of piperidine rings is 1. The summed E-state index contributed by atoms with van der Waals surface area (Å²) in [6.45, 7) is 11.6. The van der Waals surface area contributed by atoms with Crippen LogP contribution in [0.3, 0.4) is 0 Å². The molecule has 1 aliphatic carbocycles. The Morgan fingerprint density at radius 2 is 1.59 bits per heavy atom. The lowest BCUT2D eigenvalue weighted by Gasteiger charge is -2.47. The van der Waals surface area contributed by atoms with Gasteiger partial charge in [0, 0.05) is 45.6 Å². The molecule has 63 heavy (non-hydrogen) atoms. The van der Waals surface area contributed by atoms with E-state index >= 15 is 0 Å². The predicted molar refractivity (Wildman–Crippen MR) is 237 cm³/mol. The highest BCUT2D eigenvalue weighted by atomic mass is 16.7. The van der Waals surface area contributed by atoms with Gasteiger partial charge in [-0.3, -0.25) is 14.4 Å². The molecule has 3 N–H and O–H groups in total. The Bertz CT molecular complexity index is 1770. The van der Waals surface area contributed by atoms with Crippen LogP contribution in [-0.2, 0) is 42.9 Å². The number of rotatable bonds is 8. The molecule has 3 heterocycles. The van der Waals surface area contributed by atoms with E-state index in [4.69, 9.17) is 23.7 Å². The lowest BCUT2D eigenvalue weighted by Crippen LogP contribution is -2.64. The quantitative estimate of drug-likeness (QED) is 0.148. The van der Waals surface area contributed by atoms with Gasteiger partial charge in [-0.15, -0.1) is 0 Å². The molecule has 352 valence electrons.